The van der Waals surface area contributed by atoms with Gasteiger partial charge < -0.3 is 4.74 Å². The molecule has 0 unspecified atom stereocenters. The Morgan fingerprint density at radius 2 is 1.81 bits per heavy atom. The van der Waals surface area contributed by atoms with Crippen molar-refractivity contribution in [2.24, 2.45) is 5.10 Å². The molecular formula is C25H18ClN3O2S. The lowest BCUT2D eigenvalue weighted by atomic mass is 9.97. The molecule has 3 aliphatic rings. The summed E-state index contributed by atoms with van der Waals surface area (Å²) in [5, 5.41) is 9.33. The van der Waals surface area contributed by atoms with E-state index in [0.717, 1.165) is 34.6 Å². The Balaban J connectivity index is 1.44. The molecule has 1 amide bonds. The third kappa shape index (κ3) is 3.10. The molecule has 0 radical (unpaired) electrons. The predicted molar refractivity (Wildman–Crippen MR) is 127 cm³/mol. The number of thioether (sulfide) groups is 1. The Bertz CT molecular complexity index is 1290. The molecule has 32 heavy (non-hydrogen) atoms. The van der Waals surface area contributed by atoms with Gasteiger partial charge in [0.1, 0.15) is 5.75 Å². The van der Waals surface area contributed by atoms with Crippen molar-refractivity contribution >= 4 is 41.1 Å². The maximum absolute atomic E-state index is 13.0. The summed E-state index contributed by atoms with van der Waals surface area (Å²) in [4.78, 5) is 13.5. The third-order valence-corrected chi connectivity index (χ3v) is 7.30. The molecule has 3 aromatic carbocycles. The zero-order valence-electron chi connectivity index (χ0n) is 16.9. The van der Waals surface area contributed by atoms with Gasteiger partial charge in [0, 0.05) is 17.0 Å². The maximum atomic E-state index is 13.0. The van der Waals surface area contributed by atoms with Crippen LogP contribution in [0.4, 0.5) is 0 Å². The highest BCUT2D eigenvalue weighted by Crippen LogP contribution is 2.53. The summed E-state index contributed by atoms with van der Waals surface area (Å²) < 4.78 is 6.42. The van der Waals surface area contributed by atoms with Gasteiger partial charge in [0.2, 0.25) is 0 Å². The summed E-state index contributed by atoms with van der Waals surface area (Å²) in [6.45, 7) is 0. The van der Waals surface area contributed by atoms with Crippen LogP contribution in [0.25, 0.3) is 6.08 Å². The number of hydrazone groups is 1. The van der Waals surface area contributed by atoms with Crippen LogP contribution in [0.1, 0.15) is 29.2 Å². The van der Waals surface area contributed by atoms with Crippen LogP contribution in [0.2, 0.25) is 5.02 Å². The van der Waals surface area contributed by atoms with E-state index in [9.17, 15) is 4.79 Å². The second-order valence-corrected chi connectivity index (χ2v) is 9.39. The number of para-hydroxylation sites is 1. The molecule has 158 valence electrons. The number of ether oxygens (including phenoxy) is 1. The minimum atomic E-state index is -1.15. The average Bonchev–Trinajstić information content (AvgIpc) is 3.39. The first-order valence-corrected chi connectivity index (χ1v) is 11.5. The standard InChI is InChI=1S/C25H18ClN3O2S/c26-19-12-6-4-10-17(19)14-23-24(30)27-25(32-23)29-21(18-11-5-7-13-22(18)31-25)15-20(28-29)16-8-2-1-3-9-16/h1-14,21H,15H2,(H,27,30)/b23-14-/t21-,25+/m1/s1. The van der Waals surface area contributed by atoms with Crippen LogP contribution in [-0.2, 0) is 4.79 Å². The molecule has 1 spiro atoms. The van der Waals surface area contributed by atoms with Gasteiger partial charge in [0.05, 0.1) is 16.7 Å². The van der Waals surface area contributed by atoms with E-state index in [2.05, 4.69) is 23.5 Å². The van der Waals surface area contributed by atoms with Crippen molar-refractivity contribution in [2.75, 3.05) is 0 Å². The normalized spacial score (nSPS) is 24.7. The van der Waals surface area contributed by atoms with Gasteiger partial charge in [-0.05, 0) is 41.1 Å². The fraction of sp³-hybridized carbons (Fsp3) is 0.120. The van der Waals surface area contributed by atoms with E-state index < -0.39 is 5.18 Å². The summed E-state index contributed by atoms with van der Waals surface area (Å²) in [5.74, 6) is 0.543. The van der Waals surface area contributed by atoms with Crippen molar-refractivity contribution in [3.8, 4) is 5.75 Å². The first kappa shape index (κ1) is 19.5. The number of amides is 1. The van der Waals surface area contributed by atoms with E-state index in [1.165, 1.54) is 11.8 Å². The zero-order valence-corrected chi connectivity index (χ0v) is 18.4. The monoisotopic (exact) mass is 459 g/mol. The lowest BCUT2D eigenvalue weighted by molar-refractivity contribution is -0.127. The van der Waals surface area contributed by atoms with Crippen LogP contribution in [0.5, 0.6) is 5.75 Å². The Morgan fingerprint density at radius 1 is 1.06 bits per heavy atom. The van der Waals surface area contributed by atoms with Crippen LogP contribution in [-0.4, -0.2) is 21.8 Å². The zero-order chi connectivity index (χ0) is 21.7. The number of hydrogen-bond donors (Lipinski definition) is 1. The first-order chi connectivity index (χ1) is 15.6. The number of nitrogens with one attached hydrogen (secondary N) is 1. The van der Waals surface area contributed by atoms with Crippen molar-refractivity contribution in [3.05, 3.63) is 105 Å². The van der Waals surface area contributed by atoms with Gasteiger partial charge in [-0.15, -0.1) is 0 Å². The molecule has 0 aliphatic carbocycles. The highest BCUT2D eigenvalue weighted by atomic mass is 35.5. The molecule has 3 heterocycles. The van der Waals surface area contributed by atoms with E-state index in [-0.39, 0.29) is 11.9 Å². The summed E-state index contributed by atoms with van der Waals surface area (Å²) in [6, 6.07) is 25.5. The minimum absolute atomic E-state index is 0.0392. The highest BCUT2D eigenvalue weighted by molar-refractivity contribution is 8.05. The number of hydrogen-bond acceptors (Lipinski definition) is 5. The maximum Gasteiger partial charge on any atom is 0.336 e. The Morgan fingerprint density at radius 3 is 2.66 bits per heavy atom. The number of nitrogens with zero attached hydrogens (tertiary/aromatic N) is 2. The van der Waals surface area contributed by atoms with Gasteiger partial charge in [-0.3, -0.25) is 10.1 Å². The van der Waals surface area contributed by atoms with Crippen LogP contribution in [0, 0.1) is 0 Å². The Kier molecular flexibility index (Phi) is 4.52. The lowest BCUT2D eigenvalue weighted by Gasteiger charge is -2.43. The number of carbonyl (C=O) groups excluding carboxylic acids is 1. The summed E-state index contributed by atoms with van der Waals surface area (Å²) in [7, 11) is 0. The van der Waals surface area contributed by atoms with E-state index in [1.807, 2.05) is 65.7 Å². The summed E-state index contributed by atoms with van der Waals surface area (Å²) in [6.07, 6.45) is 2.53. The smallest absolute Gasteiger partial charge is 0.336 e. The van der Waals surface area contributed by atoms with Crippen molar-refractivity contribution in [1.29, 1.82) is 0 Å². The van der Waals surface area contributed by atoms with Crippen molar-refractivity contribution in [2.45, 2.75) is 17.6 Å². The number of benzene rings is 3. The molecule has 2 atom stereocenters. The lowest BCUT2D eigenvalue weighted by Crippen LogP contribution is -2.58. The fourth-order valence-corrected chi connectivity index (χ4v) is 5.63. The minimum Gasteiger partial charge on any atom is -0.439 e. The van der Waals surface area contributed by atoms with Gasteiger partial charge >= 0.3 is 5.18 Å². The molecule has 1 fully saturated rings. The van der Waals surface area contributed by atoms with E-state index in [1.54, 1.807) is 6.08 Å². The highest BCUT2D eigenvalue weighted by Gasteiger charge is 2.57. The number of carbonyl (C=O) groups is 1. The van der Waals surface area contributed by atoms with Crippen molar-refractivity contribution in [3.63, 3.8) is 0 Å². The molecule has 0 saturated carbocycles. The number of fused-ring (bicyclic) bond motifs is 4. The number of rotatable bonds is 2. The summed E-state index contributed by atoms with van der Waals surface area (Å²) in [5.41, 5.74) is 3.88. The van der Waals surface area contributed by atoms with Gasteiger partial charge in [-0.2, -0.15) is 5.10 Å². The van der Waals surface area contributed by atoms with Gasteiger partial charge in [-0.1, -0.05) is 78.3 Å². The first-order valence-electron chi connectivity index (χ1n) is 10.3. The molecule has 5 nitrogen and oxygen atoms in total. The fourth-order valence-electron chi connectivity index (χ4n) is 4.28. The van der Waals surface area contributed by atoms with Crippen molar-refractivity contribution < 1.29 is 9.53 Å². The molecule has 7 heteroatoms. The second-order valence-electron chi connectivity index (χ2n) is 7.79. The SMILES string of the molecule is O=C1N[C@]2(Oc3ccccc3[C@H]3CC(c4ccccc4)=NN32)S/C1=C\c1ccccc1Cl. The van der Waals surface area contributed by atoms with E-state index in [0.29, 0.717) is 9.93 Å². The molecule has 0 aromatic heterocycles. The molecular weight excluding hydrogens is 442 g/mol. The number of halogens is 1. The Hall–Kier alpha value is -3.22. The van der Waals surface area contributed by atoms with Crippen molar-refractivity contribution in [1.82, 2.24) is 10.3 Å². The molecule has 6 rings (SSSR count). The van der Waals surface area contributed by atoms with Crippen LogP contribution in [0.15, 0.2) is 88.9 Å². The largest absolute Gasteiger partial charge is 0.439 e. The topological polar surface area (TPSA) is 53.9 Å². The summed E-state index contributed by atoms with van der Waals surface area (Å²) >= 11 is 7.64. The second kappa shape index (κ2) is 7.43. The van der Waals surface area contributed by atoms with Crippen LogP contribution < -0.4 is 10.1 Å². The predicted octanol–water partition coefficient (Wildman–Crippen LogP) is 5.40. The molecule has 3 aromatic rings. The van der Waals surface area contributed by atoms with Gasteiger partial charge in [0.15, 0.2) is 0 Å². The molecule has 0 bridgehead atoms. The van der Waals surface area contributed by atoms with E-state index >= 15 is 0 Å². The third-order valence-electron chi connectivity index (χ3n) is 5.78. The van der Waals surface area contributed by atoms with Gasteiger partial charge in [-0.25, -0.2) is 5.01 Å². The van der Waals surface area contributed by atoms with Gasteiger partial charge in [0.25, 0.3) is 5.91 Å². The van der Waals surface area contributed by atoms with E-state index in [4.69, 9.17) is 21.4 Å². The molecule has 1 saturated heterocycles. The van der Waals surface area contributed by atoms with Crippen LogP contribution >= 0.6 is 23.4 Å². The van der Waals surface area contributed by atoms with Crippen LogP contribution in [0.3, 0.4) is 0 Å². The Labute approximate surface area is 194 Å². The molecule has 1 N–H and O–H groups in total. The quantitative estimate of drug-likeness (QED) is 0.521. The average molecular weight is 460 g/mol. The molecule has 3 aliphatic heterocycles.